The Labute approximate surface area is 257 Å². The standard InChI is InChI=1S/C22H22N6O7S2.2BrH.H2O/c1-22(2,20(33)34)35-26-13(12-10-37-21(23)24-12)16(29)25-14-17(30)28-15(19(31)32)11(9-36-18(14)28)8-27-6-4-3-5-7-27;;;/h3-7,10,14,18H,8-9H2,1-2H3,(H4-,23,24,25,29,31,32,33,34);2*1H;1H2/b26-13-;;;/t14-,18-;;;/m1.../s1. The maximum Gasteiger partial charge on any atom is 0.350 e. The Kier molecular flexibility index (Phi) is 12.3. The van der Waals surface area contributed by atoms with E-state index in [4.69, 9.17) is 10.6 Å². The van der Waals surface area contributed by atoms with Gasteiger partial charge in [-0.15, -0.1) is 57.1 Å². The molecule has 1 fully saturated rings. The molecule has 2 aliphatic rings. The molecule has 0 bridgehead atoms. The highest BCUT2D eigenvalue weighted by Crippen LogP contribution is 2.40. The molecule has 4 rings (SSSR count). The first kappa shape index (κ1) is 35.0. The molecule has 2 aromatic heterocycles. The molecule has 2 aliphatic heterocycles. The van der Waals surface area contributed by atoms with Crippen LogP contribution in [-0.2, 0) is 30.6 Å². The van der Waals surface area contributed by atoms with Crippen molar-refractivity contribution in [1.29, 1.82) is 0 Å². The predicted molar refractivity (Wildman–Crippen MR) is 154 cm³/mol. The molecule has 0 aromatic carbocycles. The summed E-state index contributed by atoms with van der Waals surface area (Å²) in [5, 5.41) is 28.4. The Morgan fingerprint density at radius 1 is 1.30 bits per heavy atom. The molecule has 0 unspecified atom stereocenters. The number of fused-ring (bicyclic) bond motifs is 1. The van der Waals surface area contributed by atoms with Gasteiger partial charge >= 0.3 is 5.97 Å². The third-order valence-electron chi connectivity index (χ3n) is 5.54. The van der Waals surface area contributed by atoms with Gasteiger partial charge in [-0.3, -0.25) is 14.5 Å². The van der Waals surface area contributed by atoms with Crippen molar-refractivity contribution in [3.8, 4) is 0 Å². The number of nitrogens with one attached hydrogen (secondary N) is 1. The zero-order chi connectivity index (χ0) is 26.9. The molecule has 1 saturated heterocycles. The van der Waals surface area contributed by atoms with Crippen LogP contribution < -0.4 is 20.7 Å². The van der Waals surface area contributed by atoms with Crippen molar-refractivity contribution in [2.45, 2.75) is 37.4 Å². The minimum Gasteiger partial charge on any atom is -0.543 e. The molecule has 18 heteroatoms. The molecular formula is C22H26Br2N6O8S2. The van der Waals surface area contributed by atoms with Gasteiger partial charge in [0.05, 0.1) is 11.7 Å². The normalized spacial score (nSPS) is 18.2. The van der Waals surface area contributed by atoms with Crippen LogP contribution in [0.15, 0.2) is 52.4 Å². The summed E-state index contributed by atoms with van der Waals surface area (Å²) in [5.41, 5.74) is 3.83. The fraction of sp³-hybridized carbons (Fsp3) is 0.318. The van der Waals surface area contributed by atoms with Gasteiger partial charge in [0.25, 0.3) is 11.8 Å². The number of carbonyl (C=O) groups excluding carboxylic acids is 3. The number of amides is 2. The van der Waals surface area contributed by atoms with Gasteiger partial charge in [0.2, 0.25) is 5.60 Å². The molecule has 0 aliphatic carbocycles. The number of halogens is 2. The molecule has 4 heterocycles. The summed E-state index contributed by atoms with van der Waals surface area (Å²) in [7, 11) is 0. The quantitative estimate of drug-likeness (QED) is 0.124. The maximum atomic E-state index is 13.1. The van der Waals surface area contributed by atoms with Crippen molar-refractivity contribution in [3.63, 3.8) is 0 Å². The number of oxime groups is 1. The second-order valence-corrected chi connectivity index (χ2v) is 10.6. The number of nitrogens with zero attached hydrogens (tertiary/aromatic N) is 4. The average molecular weight is 726 g/mol. The largest absolute Gasteiger partial charge is 0.543 e. The lowest BCUT2D eigenvalue weighted by atomic mass is 10.0. The monoisotopic (exact) mass is 724 g/mol. The Morgan fingerprint density at radius 2 is 1.95 bits per heavy atom. The average Bonchev–Trinajstić information content (AvgIpc) is 3.28. The summed E-state index contributed by atoms with van der Waals surface area (Å²) in [6.07, 6.45) is 3.55. The van der Waals surface area contributed by atoms with Crippen LogP contribution in [0.1, 0.15) is 19.5 Å². The van der Waals surface area contributed by atoms with Crippen LogP contribution in [0, 0.1) is 0 Å². The third kappa shape index (κ3) is 7.17. The van der Waals surface area contributed by atoms with E-state index in [1.807, 2.05) is 6.07 Å². The van der Waals surface area contributed by atoms with Crippen molar-refractivity contribution in [2.75, 3.05) is 11.5 Å². The summed E-state index contributed by atoms with van der Waals surface area (Å²) < 4.78 is 1.78. The lowest BCUT2D eigenvalue weighted by molar-refractivity contribution is -0.689. The van der Waals surface area contributed by atoms with E-state index in [1.54, 1.807) is 29.1 Å². The van der Waals surface area contributed by atoms with E-state index >= 15 is 0 Å². The van der Waals surface area contributed by atoms with Gasteiger partial charge in [0.1, 0.15) is 17.1 Å². The van der Waals surface area contributed by atoms with E-state index in [2.05, 4.69) is 15.5 Å². The fourth-order valence-electron chi connectivity index (χ4n) is 3.56. The highest BCUT2D eigenvalue weighted by Gasteiger charge is 2.53. The van der Waals surface area contributed by atoms with Crippen molar-refractivity contribution in [3.05, 3.63) is 52.9 Å². The van der Waals surface area contributed by atoms with Gasteiger partial charge in [0, 0.05) is 28.8 Å². The molecule has 2 aromatic rings. The smallest absolute Gasteiger partial charge is 0.350 e. The number of hydrogen-bond donors (Lipinski definition) is 3. The number of hydrogen-bond acceptors (Lipinski definition) is 11. The van der Waals surface area contributed by atoms with Crippen LogP contribution in [0.5, 0.6) is 0 Å². The van der Waals surface area contributed by atoms with Crippen LogP contribution >= 0.6 is 57.1 Å². The van der Waals surface area contributed by atoms with E-state index in [1.165, 1.54) is 31.0 Å². The number of pyridine rings is 1. The van der Waals surface area contributed by atoms with E-state index in [9.17, 15) is 29.4 Å². The molecule has 218 valence electrons. The number of thiazole rings is 1. The van der Waals surface area contributed by atoms with Crippen molar-refractivity contribution >= 4 is 91.7 Å². The molecule has 0 spiro atoms. The molecule has 40 heavy (non-hydrogen) atoms. The van der Waals surface area contributed by atoms with Crippen LogP contribution in [-0.4, -0.2) is 72.7 Å². The first-order valence-electron chi connectivity index (χ1n) is 10.8. The van der Waals surface area contributed by atoms with Gasteiger partial charge < -0.3 is 36.4 Å². The minimum atomic E-state index is -1.75. The first-order chi connectivity index (χ1) is 17.5. The van der Waals surface area contributed by atoms with Gasteiger partial charge in [-0.2, -0.15) is 0 Å². The molecule has 14 nitrogen and oxygen atoms in total. The lowest BCUT2D eigenvalue weighted by Crippen LogP contribution is -2.71. The van der Waals surface area contributed by atoms with E-state index in [0.717, 1.165) is 16.2 Å². The number of carbonyl (C=O) groups is 4. The molecule has 2 atom stereocenters. The SMILES string of the molecule is Br.Br.CC(C)(O/N=C(\C(=O)N[C@@H]1C(=O)N2C(C(=O)[O-])=C(C[n+]3ccccc3)CS[C@H]12)c1csc(N)n1)C(=O)O.O. The van der Waals surface area contributed by atoms with Crippen molar-refractivity contribution in [2.24, 2.45) is 5.16 Å². The van der Waals surface area contributed by atoms with E-state index in [-0.39, 0.29) is 68.2 Å². The summed E-state index contributed by atoms with van der Waals surface area (Å²) in [6.45, 7) is 2.74. The number of anilines is 1. The Balaban J connectivity index is 0.00000267. The van der Waals surface area contributed by atoms with Crippen molar-refractivity contribution in [1.82, 2.24) is 15.2 Å². The van der Waals surface area contributed by atoms with Gasteiger partial charge in [0.15, 0.2) is 29.8 Å². The number of carboxylic acid groups (broad SMARTS) is 2. The predicted octanol–water partition coefficient (Wildman–Crippen LogP) is -0.968. The zero-order valence-corrected chi connectivity index (χ0v) is 26.0. The number of aliphatic carboxylic acids is 2. The Morgan fingerprint density at radius 3 is 2.50 bits per heavy atom. The van der Waals surface area contributed by atoms with Gasteiger partial charge in [-0.1, -0.05) is 11.2 Å². The fourth-order valence-corrected chi connectivity index (χ4v) is 5.45. The highest BCUT2D eigenvalue weighted by atomic mass is 79.9. The zero-order valence-electron chi connectivity index (χ0n) is 20.9. The first-order valence-corrected chi connectivity index (χ1v) is 12.8. The molecule has 6 N–H and O–H groups in total. The molecule has 0 saturated carbocycles. The third-order valence-corrected chi connectivity index (χ3v) is 7.55. The number of β-lactam (4-membered cyclic amide) rings is 1. The minimum absolute atomic E-state index is 0. The number of rotatable bonds is 9. The summed E-state index contributed by atoms with van der Waals surface area (Å²) in [4.78, 5) is 59.6. The molecule has 2 amide bonds. The number of carboxylic acids is 2. The summed E-state index contributed by atoms with van der Waals surface area (Å²) >= 11 is 2.32. The second kappa shape index (κ2) is 14.0. The Bertz CT molecular complexity index is 1340. The number of nitrogens with two attached hydrogens (primary N) is 1. The molecule has 0 radical (unpaired) electrons. The lowest BCUT2D eigenvalue weighted by Gasteiger charge is -2.50. The summed E-state index contributed by atoms with van der Waals surface area (Å²) in [6, 6.07) is 4.36. The van der Waals surface area contributed by atoms with Gasteiger partial charge in [-0.25, -0.2) is 14.3 Å². The number of thioether (sulfide) groups is 1. The van der Waals surface area contributed by atoms with Gasteiger partial charge in [-0.05, 0) is 13.8 Å². The molecular weight excluding hydrogens is 700 g/mol. The van der Waals surface area contributed by atoms with E-state index in [0.29, 0.717) is 11.3 Å². The van der Waals surface area contributed by atoms with E-state index < -0.39 is 40.8 Å². The highest BCUT2D eigenvalue weighted by molar-refractivity contribution is 8.93. The van der Waals surface area contributed by atoms with Crippen LogP contribution in [0.2, 0.25) is 0 Å². The maximum absolute atomic E-state index is 13.1. The topological polar surface area (TPSA) is 223 Å². The van der Waals surface area contributed by atoms with Crippen LogP contribution in [0.4, 0.5) is 5.13 Å². The van der Waals surface area contributed by atoms with Crippen LogP contribution in [0.25, 0.3) is 0 Å². The number of nitrogen functional groups attached to an aromatic ring is 1. The summed E-state index contributed by atoms with van der Waals surface area (Å²) in [5.74, 6) is -4.01. The second-order valence-electron chi connectivity index (χ2n) is 8.57. The van der Waals surface area contributed by atoms with Crippen LogP contribution in [0.3, 0.4) is 0 Å². The van der Waals surface area contributed by atoms with Crippen molar-refractivity contribution < 1.29 is 44.3 Å². The number of aromatic nitrogens is 2. The Hall–Kier alpha value is -3.06.